The first-order valence-corrected chi connectivity index (χ1v) is 9.73. The molecule has 7 nitrogen and oxygen atoms in total. The molecule has 0 bridgehead atoms. The van der Waals surface area contributed by atoms with Crippen LogP contribution in [0.15, 0.2) is 36.7 Å². The van der Waals surface area contributed by atoms with E-state index in [1.165, 1.54) is 0 Å². The van der Waals surface area contributed by atoms with Crippen LogP contribution in [0, 0.1) is 5.92 Å². The van der Waals surface area contributed by atoms with Crippen molar-refractivity contribution in [2.75, 3.05) is 12.3 Å². The second-order valence-corrected chi connectivity index (χ2v) is 7.35. The average molecular weight is 379 g/mol. The first-order chi connectivity index (χ1) is 13.6. The maximum Gasteiger partial charge on any atom is 0.220 e. The summed E-state index contributed by atoms with van der Waals surface area (Å²) in [4.78, 5) is 20.6. The Morgan fingerprint density at radius 1 is 1.36 bits per heavy atom. The molecule has 1 saturated carbocycles. The minimum absolute atomic E-state index is 0.0738. The normalized spacial score (nSPS) is 18.8. The van der Waals surface area contributed by atoms with Crippen molar-refractivity contribution >= 4 is 17.2 Å². The van der Waals surface area contributed by atoms with E-state index in [4.69, 9.17) is 21.2 Å². The number of carbonyl (C=O) groups excluding carboxylic acids is 1. The van der Waals surface area contributed by atoms with Gasteiger partial charge in [-0.3, -0.25) is 9.20 Å². The Morgan fingerprint density at radius 3 is 2.93 bits per heavy atom. The van der Waals surface area contributed by atoms with Crippen LogP contribution in [0.1, 0.15) is 44.3 Å². The van der Waals surface area contributed by atoms with Crippen LogP contribution in [0.25, 0.3) is 16.8 Å². The molecular formula is C21H25N5O2. The molecule has 0 aliphatic heterocycles. The largest absolute Gasteiger partial charge is 0.494 e. The summed E-state index contributed by atoms with van der Waals surface area (Å²) < 4.78 is 7.84. The van der Waals surface area contributed by atoms with Crippen molar-refractivity contribution in [2.45, 2.75) is 38.5 Å². The molecule has 3 aromatic rings. The van der Waals surface area contributed by atoms with Crippen molar-refractivity contribution in [3.05, 3.63) is 42.5 Å². The summed E-state index contributed by atoms with van der Waals surface area (Å²) in [7, 11) is 0. The number of fused-ring (bicyclic) bond motifs is 1. The summed E-state index contributed by atoms with van der Waals surface area (Å²) in [5.41, 5.74) is 14.1. The van der Waals surface area contributed by atoms with Gasteiger partial charge in [-0.05, 0) is 31.4 Å². The summed E-state index contributed by atoms with van der Waals surface area (Å²) in [6, 6.07) is 7.89. The van der Waals surface area contributed by atoms with Gasteiger partial charge in [0.2, 0.25) is 5.91 Å². The second kappa shape index (κ2) is 7.50. The molecule has 4 N–H and O–H groups in total. The molecule has 1 fully saturated rings. The molecule has 0 radical (unpaired) electrons. The summed E-state index contributed by atoms with van der Waals surface area (Å²) in [5.74, 6) is 2.01. The molecule has 2 heterocycles. The highest BCUT2D eigenvalue weighted by Gasteiger charge is 2.37. The van der Waals surface area contributed by atoms with Gasteiger partial charge in [0.15, 0.2) is 0 Å². The lowest BCUT2D eigenvalue weighted by Gasteiger charge is -2.31. The van der Waals surface area contributed by atoms with E-state index in [0.29, 0.717) is 12.4 Å². The molecular weight excluding hydrogens is 354 g/mol. The van der Waals surface area contributed by atoms with Crippen molar-refractivity contribution in [1.29, 1.82) is 0 Å². The van der Waals surface area contributed by atoms with E-state index in [0.717, 1.165) is 54.0 Å². The maximum atomic E-state index is 11.4. The molecule has 1 amide bonds. The van der Waals surface area contributed by atoms with Gasteiger partial charge in [0, 0.05) is 29.8 Å². The third kappa shape index (κ3) is 3.28. The number of nitrogens with two attached hydrogens (primary N) is 2. The zero-order valence-corrected chi connectivity index (χ0v) is 16.0. The number of hydrogen-bond acceptors (Lipinski definition) is 5. The number of ether oxygens (including phenoxy) is 1. The maximum absolute atomic E-state index is 11.4. The van der Waals surface area contributed by atoms with Crippen LogP contribution in [0.3, 0.4) is 0 Å². The summed E-state index contributed by atoms with van der Waals surface area (Å²) >= 11 is 0. The number of nitrogen functional groups attached to an aromatic ring is 1. The van der Waals surface area contributed by atoms with Crippen molar-refractivity contribution in [3.63, 3.8) is 0 Å². The van der Waals surface area contributed by atoms with E-state index in [-0.39, 0.29) is 17.7 Å². The number of rotatable bonds is 7. The SMILES string of the molecule is CCCCOc1cccc(-c2nc([C@H]3C[C@H](C(N)=O)C3)n3ccnc(N)c23)c1. The van der Waals surface area contributed by atoms with Crippen LogP contribution in [0.2, 0.25) is 0 Å². The second-order valence-electron chi connectivity index (χ2n) is 7.35. The third-order valence-corrected chi connectivity index (χ3v) is 5.39. The lowest BCUT2D eigenvalue weighted by molar-refractivity contribution is -0.124. The number of hydrogen-bond donors (Lipinski definition) is 2. The number of carbonyl (C=O) groups is 1. The molecule has 0 atom stereocenters. The molecule has 1 aromatic carbocycles. The Labute approximate surface area is 163 Å². The lowest BCUT2D eigenvalue weighted by atomic mass is 9.74. The van der Waals surface area contributed by atoms with Gasteiger partial charge >= 0.3 is 0 Å². The lowest BCUT2D eigenvalue weighted by Crippen LogP contribution is -2.34. The Bertz CT molecular complexity index is 1010. The highest BCUT2D eigenvalue weighted by Crippen LogP contribution is 2.43. The molecule has 28 heavy (non-hydrogen) atoms. The fourth-order valence-corrected chi connectivity index (χ4v) is 3.70. The number of imidazole rings is 1. The van der Waals surface area contributed by atoms with Crippen molar-refractivity contribution < 1.29 is 9.53 Å². The van der Waals surface area contributed by atoms with Crippen LogP contribution in [-0.2, 0) is 4.79 Å². The van der Waals surface area contributed by atoms with Gasteiger partial charge in [-0.2, -0.15) is 0 Å². The van der Waals surface area contributed by atoms with Crippen molar-refractivity contribution in [2.24, 2.45) is 11.7 Å². The van der Waals surface area contributed by atoms with E-state index in [2.05, 4.69) is 11.9 Å². The summed E-state index contributed by atoms with van der Waals surface area (Å²) in [6.45, 7) is 2.83. The molecule has 1 aliphatic carbocycles. The Kier molecular flexibility index (Phi) is 4.90. The topological polar surface area (TPSA) is 109 Å². The quantitative estimate of drug-likeness (QED) is 0.613. The molecule has 0 spiro atoms. The molecule has 7 heteroatoms. The molecule has 0 saturated heterocycles. The fraction of sp³-hybridized carbons (Fsp3) is 0.381. The Balaban J connectivity index is 1.72. The van der Waals surface area contributed by atoms with E-state index in [1.807, 2.05) is 34.9 Å². The zero-order valence-electron chi connectivity index (χ0n) is 16.0. The number of amides is 1. The Hall–Kier alpha value is -3.09. The van der Waals surface area contributed by atoms with Gasteiger partial charge in [0.25, 0.3) is 0 Å². The van der Waals surface area contributed by atoms with Crippen LogP contribution in [0.5, 0.6) is 5.75 Å². The van der Waals surface area contributed by atoms with E-state index < -0.39 is 0 Å². The summed E-state index contributed by atoms with van der Waals surface area (Å²) in [6.07, 6.45) is 7.08. The van der Waals surface area contributed by atoms with E-state index in [9.17, 15) is 4.79 Å². The van der Waals surface area contributed by atoms with Crippen LogP contribution < -0.4 is 16.2 Å². The number of primary amides is 1. The van der Waals surface area contributed by atoms with Crippen LogP contribution in [0.4, 0.5) is 5.82 Å². The number of benzene rings is 1. The third-order valence-electron chi connectivity index (χ3n) is 5.39. The summed E-state index contributed by atoms with van der Waals surface area (Å²) in [5, 5.41) is 0. The predicted octanol–water partition coefficient (Wildman–Crippen LogP) is 3.14. The number of aromatic nitrogens is 3. The minimum atomic E-state index is -0.240. The monoisotopic (exact) mass is 379 g/mol. The van der Waals surface area contributed by atoms with Crippen LogP contribution >= 0.6 is 0 Å². The fourth-order valence-electron chi connectivity index (χ4n) is 3.70. The minimum Gasteiger partial charge on any atom is -0.494 e. The molecule has 0 unspecified atom stereocenters. The van der Waals surface area contributed by atoms with Gasteiger partial charge in [-0.15, -0.1) is 0 Å². The predicted molar refractivity (Wildman–Crippen MR) is 108 cm³/mol. The number of anilines is 1. The van der Waals surface area contributed by atoms with Crippen molar-refractivity contribution in [3.8, 4) is 17.0 Å². The van der Waals surface area contributed by atoms with E-state index >= 15 is 0 Å². The average Bonchev–Trinajstić information content (AvgIpc) is 3.02. The highest BCUT2D eigenvalue weighted by atomic mass is 16.5. The van der Waals surface area contributed by atoms with Gasteiger partial charge in [0.1, 0.15) is 28.6 Å². The molecule has 146 valence electrons. The Morgan fingerprint density at radius 2 is 2.18 bits per heavy atom. The van der Waals surface area contributed by atoms with Gasteiger partial charge in [-0.1, -0.05) is 25.5 Å². The first-order valence-electron chi connectivity index (χ1n) is 9.73. The van der Waals surface area contributed by atoms with Gasteiger partial charge in [-0.25, -0.2) is 9.97 Å². The van der Waals surface area contributed by atoms with Gasteiger partial charge in [0.05, 0.1) is 6.61 Å². The van der Waals surface area contributed by atoms with Crippen LogP contribution in [-0.4, -0.2) is 26.9 Å². The molecule has 2 aromatic heterocycles. The smallest absolute Gasteiger partial charge is 0.220 e. The standard InChI is InChI=1S/C21H25N5O2/c1-2-3-9-28-16-6-4-5-13(12-16)17-18-19(22)24-7-8-26(18)21(25-17)15-10-14(11-15)20(23)27/h4-8,12,14-15H,2-3,9-11H2,1H3,(H2,22,24)(H2,23,27)/t14-,15-. The first kappa shape index (κ1) is 18.3. The van der Waals surface area contributed by atoms with Crippen molar-refractivity contribution in [1.82, 2.24) is 14.4 Å². The number of unbranched alkanes of at least 4 members (excludes halogenated alkanes) is 1. The number of nitrogens with zero attached hydrogens (tertiary/aromatic N) is 3. The molecule has 4 rings (SSSR count). The van der Waals surface area contributed by atoms with Gasteiger partial charge < -0.3 is 16.2 Å². The van der Waals surface area contributed by atoms with E-state index in [1.54, 1.807) is 6.20 Å². The highest BCUT2D eigenvalue weighted by molar-refractivity contribution is 5.86. The zero-order chi connectivity index (χ0) is 19.7. The molecule has 1 aliphatic rings.